The van der Waals surface area contributed by atoms with Crippen LogP contribution < -0.4 is 4.90 Å². The van der Waals surface area contributed by atoms with Gasteiger partial charge < -0.3 is 10.1 Å². The van der Waals surface area contributed by atoms with Gasteiger partial charge in [0.15, 0.2) is 0 Å². The van der Waals surface area contributed by atoms with Crippen molar-refractivity contribution in [2.45, 2.75) is 33.2 Å². The van der Waals surface area contributed by atoms with E-state index < -0.39 is 6.09 Å². The number of anilines is 1. The summed E-state index contributed by atoms with van der Waals surface area (Å²) in [6.07, 6.45) is -0.127. The number of para-hydroxylation sites is 1. The van der Waals surface area contributed by atoms with Crippen LogP contribution >= 0.6 is 0 Å². The topological polar surface area (TPSA) is 69.2 Å². The summed E-state index contributed by atoms with van der Waals surface area (Å²) < 4.78 is 0. The Bertz CT molecular complexity index is 575. The molecular formula is C13H17N3O2. The van der Waals surface area contributed by atoms with E-state index in [9.17, 15) is 9.90 Å². The molecule has 2 aromatic rings. The van der Waals surface area contributed by atoms with Gasteiger partial charge >= 0.3 is 6.09 Å². The zero-order valence-corrected chi connectivity index (χ0v) is 10.8. The number of fused-ring (bicyclic) bond motifs is 1. The van der Waals surface area contributed by atoms with Crippen LogP contribution in [0.15, 0.2) is 18.2 Å². The lowest BCUT2D eigenvalue weighted by atomic mass is 10.1. The Balaban J connectivity index is 2.55. The lowest BCUT2D eigenvalue weighted by Crippen LogP contribution is -2.36. The van der Waals surface area contributed by atoms with Crippen molar-refractivity contribution in [1.29, 1.82) is 0 Å². The van der Waals surface area contributed by atoms with Crippen LogP contribution in [-0.2, 0) is 6.42 Å². The van der Waals surface area contributed by atoms with Crippen LogP contribution in [0.25, 0.3) is 11.0 Å². The van der Waals surface area contributed by atoms with E-state index in [0.717, 1.165) is 23.0 Å². The third-order valence-corrected chi connectivity index (χ3v) is 2.92. The molecule has 5 nitrogen and oxygen atoms in total. The molecule has 0 aliphatic carbocycles. The molecule has 0 atom stereocenters. The standard InChI is InChI=1S/C13H17N3O2/c1-4-9-6-5-7-10-11(9)15-12(14-10)16(8(2)3)13(17)18/h5-8H,4H2,1-3H3,(H,14,15)(H,17,18). The van der Waals surface area contributed by atoms with E-state index in [1.165, 1.54) is 4.90 Å². The van der Waals surface area contributed by atoms with Crippen LogP contribution in [0.5, 0.6) is 0 Å². The molecule has 0 aliphatic rings. The Morgan fingerprint density at radius 3 is 2.78 bits per heavy atom. The highest BCUT2D eigenvalue weighted by Gasteiger charge is 2.21. The maximum atomic E-state index is 11.2. The second kappa shape index (κ2) is 4.68. The molecule has 0 saturated heterocycles. The van der Waals surface area contributed by atoms with Crippen molar-refractivity contribution in [3.05, 3.63) is 23.8 Å². The summed E-state index contributed by atoms with van der Waals surface area (Å²) in [6.45, 7) is 5.70. The molecule has 5 heteroatoms. The van der Waals surface area contributed by atoms with Crippen molar-refractivity contribution in [3.63, 3.8) is 0 Å². The molecule has 96 valence electrons. The molecule has 0 unspecified atom stereocenters. The highest BCUT2D eigenvalue weighted by Crippen LogP contribution is 2.22. The second-order valence-electron chi connectivity index (χ2n) is 4.47. The quantitative estimate of drug-likeness (QED) is 0.875. The van der Waals surface area contributed by atoms with Crippen LogP contribution in [0.4, 0.5) is 10.7 Å². The third kappa shape index (κ3) is 2.03. The predicted octanol–water partition coefficient (Wildman–Crippen LogP) is 3.02. The summed E-state index contributed by atoms with van der Waals surface area (Å²) in [6, 6.07) is 5.70. The van der Waals surface area contributed by atoms with Crippen LogP contribution in [0.2, 0.25) is 0 Å². The molecule has 1 heterocycles. The average molecular weight is 247 g/mol. The van der Waals surface area contributed by atoms with E-state index in [1.54, 1.807) is 0 Å². The van der Waals surface area contributed by atoms with E-state index in [1.807, 2.05) is 32.0 Å². The molecule has 1 amide bonds. The van der Waals surface area contributed by atoms with Crippen LogP contribution in [-0.4, -0.2) is 27.2 Å². The fourth-order valence-corrected chi connectivity index (χ4v) is 2.03. The number of aromatic amines is 1. The van der Waals surface area contributed by atoms with Gasteiger partial charge in [-0.2, -0.15) is 0 Å². The van der Waals surface area contributed by atoms with Crippen molar-refractivity contribution in [2.24, 2.45) is 0 Å². The summed E-state index contributed by atoms with van der Waals surface area (Å²) in [5.74, 6) is 0.383. The van der Waals surface area contributed by atoms with Gasteiger partial charge in [-0.05, 0) is 31.9 Å². The van der Waals surface area contributed by atoms with Gasteiger partial charge in [0.25, 0.3) is 0 Å². The molecule has 1 aromatic carbocycles. The molecular weight excluding hydrogens is 230 g/mol. The van der Waals surface area contributed by atoms with E-state index in [2.05, 4.69) is 16.9 Å². The average Bonchev–Trinajstić information content (AvgIpc) is 2.70. The molecule has 18 heavy (non-hydrogen) atoms. The molecule has 2 rings (SSSR count). The molecule has 0 aliphatic heterocycles. The normalized spacial score (nSPS) is 11.1. The van der Waals surface area contributed by atoms with Gasteiger partial charge in [-0.15, -0.1) is 0 Å². The Morgan fingerprint density at radius 2 is 2.22 bits per heavy atom. The number of benzene rings is 1. The van der Waals surface area contributed by atoms with Crippen molar-refractivity contribution in [1.82, 2.24) is 9.97 Å². The minimum absolute atomic E-state index is 0.159. The number of aromatic nitrogens is 2. The van der Waals surface area contributed by atoms with Crippen LogP contribution in [0.1, 0.15) is 26.3 Å². The number of imidazole rings is 1. The number of nitrogens with one attached hydrogen (secondary N) is 1. The molecule has 0 bridgehead atoms. The Morgan fingerprint density at radius 1 is 1.50 bits per heavy atom. The van der Waals surface area contributed by atoms with Crippen molar-refractivity contribution >= 4 is 23.1 Å². The number of carbonyl (C=O) groups is 1. The smallest absolute Gasteiger partial charge is 0.414 e. The number of aryl methyl sites for hydroxylation is 1. The fraction of sp³-hybridized carbons (Fsp3) is 0.385. The van der Waals surface area contributed by atoms with Crippen LogP contribution in [0, 0.1) is 0 Å². The van der Waals surface area contributed by atoms with Gasteiger partial charge in [0, 0.05) is 6.04 Å². The van der Waals surface area contributed by atoms with E-state index >= 15 is 0 Å². The number of rotatable bonds is 3. The predicted molar refractivity (Wildman–Crippen MR) is 71.1 cm³/mol. The van der Waals surface area contributed by atoms with Gasteiger partial charge in [-0.25, -0.2) is 14.7 Å². The van der Waals surface area contributed by atoms with Crippen molar-refractivity contribution in [3.8, 4) is 0 Å². The first-order valence-corrected chi connectivity index (χ1v) is 6.04. The molecule has 0 spiro atoms. The van der Waals surface area contributed by atoms with E-state index in [0.29, 0.717) is 5.95 Å². The Labute approximate surface area is 105 Å². The zero-order valence-electron chi connectivity index (χ0n) is 10.8. The third-order valence-electron chi connectivity index (χ3n) is 2.92. The summed E-state index contributed by atoms with van der Waals surface area (Å²) in [5.41, 5.74) is 2.84. The largest absolute Gasteiger partial charge is 0.465 e. The van der Waals surface area contributed by atoms with Gasteiger partial charge in [0.05, 0.1) is 11.0 Å². The molecule has 2 N–H and O–H groups in total. The monoisotopic (exact) mass is 247 g/mol. The first-order chi connectivity index (χ1) is 8.54. The van der Waals surface area contributed by atoms with Crippen LogP contribution in [0.3, 0.4) is 0 Å². The number of nitrogens with zero attached hydrogens (tertiary/aromatic N) is 2. The van der Waals surface area contributed by atoms with Crippen molar-refractivity contribution < 1.29 is 9.90 Å². The van der Waals surface area contributed by atoms with E-state index in [-0.39, 0.29) is 6.04 Å². The minimum atomic E-state index is -0.998. The number of H-pyrrole nitrogens is 1. The van der Waals surface area contributed by atoms with E-state index in [4.69, 9.17) is 0 Å². The summed E-state index contributed by atoms with van der Waals surface area (Å²) in [7, 11) is 0. The second-order valence-corrected chi connectivity index (χ2v) is 4.47. The van der Waals surface area contributed by atoms with Gasteiger partial charge in [0.2, 0.25) is 5.95 Å². The maximum absolute atomic E-state index is 11.2. The highest BCUT2D eigenvalue weighted by atomic mass is 16.4. The first kappa shape index (κ1) is 12.4. The van der Waals surface area contributed by atoms with Gasteiger partial charge in [0.1, 0.15) is 0 Å². The lowest BCUT2D eigenvalue weighted by molar-refractivity contribution is 0.199. The SMILES string of the molecule is CCc1cccc2[nH]c(N(C(=O)O)C(C)C)nc12. The molecule has 0 radical (unpaired) electrons. The summed E-state index contributed by atoms with van der Waals surface area (Å²) in [4.78, 5) is 20.0. The van der Waals surface area contributed by atoms with Crippen molar-refractivity contribution in [2.75, 3.05) is 4.90 Å². The zero-order chi connectivity index (χ0) is 13.3. The number of amides is 1. The Kier molecular flexibility index (Phi) is 3.23. The summed E-state index contributed by atoms with van der Waals surface area (Å²) in [5, 5.41) is 9.21. The van der Waals surface area contributed by atoms with Gasteiger partial charge in [-0.1, -0.05) is 19.1 Å². The molecule has 0 saturated carbocycles. The number of carboxylic acid groups (broad SMARTS) is 1. The fourth-order valence-electron chi connectivity index (χ4n) is 2.03. The lowest BCUT2D eigenvalue weighted by Gasteiger charge is -2.19. The highest BCUT2D eigenvalue weighted by molar-refractivity contribution is 5.88. The summed E-state index contributed by atoms with van der Waals surface area (Å²) >= 11 is 0. The number of hydrogen-bond acceptors (Lipinski definition) is 2. The minimum Gasteiger partial charge on any atom is -0.465 e. The first-order valence-electron chi connectivity index (χ1n) is 6.04. The Hall–Kier alpha value is -2.04. The van der Waals surface area contributed by atoms with Gasteiger partial charge in [-0.3, -0.25) is 0 Å². The molecule has 1 aromatic heterocycles. The maximum Gasteiger partial charge on any atom is 0.414 e. The number of hydrogen-bond donors (Lipinski definition) is 2. The molecule has 0 fully saturated rings.